The molecule has 0 atom stereocenters. The molecule has 0 fully saturated rings. The van der Waals surface area contributed by atoms with E-state index in [1.807, 2.05) is 48.5 Å². The van der Waals surface area contributed by atoms with Crippen molar-refractivity contribution in [3.63, 3.8) is 0 Å². The molecule has 3 heteroatoms. The molecule has 0 unspecified atom stereocenters. The highest BCUT2D eigenvalue weighted by atomic mass is 16.1. The second-order valence-corrected chi connectivity index (χ2v) is 6.46. The third kappa shape index (κ3) is 3.13. The van der Waals surface area contributed by atoms with Gasteiger partial charge < -0.3 is 11.1 Å². The van der Waals surface area contributed by atoms with Crippen molar-refractivity contribution in [3.05, 3.63) is 83.4 Å². The molecule has 124 valence electrons. The van der Waals surface area contributed by atoms with Gasteiger partial charge in [-0.1, -0.05) is 42.5 Å². The first-order chi connectivity index (χ1) is 12.2. The summed E-state index contributed by atoms with van der Waals surface area (Å²) in [4.78, 5) is 12.9. The average Bonchev–Trinajstić information content (AvgIpc) is 3.10. The number of rotatable bonds is 3. The Labute approximate surface area is 147 Å². The summed E-state index contributed by atoms with van der Waals surface area (Å²) in [7, 11) is 0. The number of hydrogen-bond donors (Lipinski definition) is 2. The van der Waals surface area contributed by atoms with Crippen molar-refractivity contribution in [2.75, 3.05) is 11.1 Å². The van der Waals surface area contributed by atoms with Gasteiger partial charge in [-0.25, -0.2) is 0 Å². The molecular formula is C22H20N2O. The summed E-state index contributed by atoms with van der Waals surface area (Å²) in [6, 6.07) is 21.6. The Kier molecular flexibility index (Phi) is 3.98. The molecule has 0 aromatic heterocycles. The molecule has 4 rings (SSSR count). The number of amides is 1. The smallest absolute Gasteiger partial charge is 0.256 e. The average molecular weight is 328 g/mol. The molecule has 3 aromatic carbocycles. The van der Waals surface area contributed by atoms with Gasteiger partial charge in [0.1, 0.15) is 0 Å². The standard InChI is InChI=1S/C22H20N2O/c23-18-10-12-20(16-5-2-1-3-6-16)21(14-18)22(25)24-19-11-9-15-7-4-8-17(15)13-19/h1-3,5-6,9-14H,4,7-8,23H2,(H,24,25). The van der Waals surface area contributed by atoms with Gasteiger partial charge in [0.05, 0.1) is 0 Å². The van der Waals surface area contributed by atoms with Crippen molar-refractivity contribution in [3.8, 4) is 11.1 Å². The molecule has 3 aromatic rings. The number of nitrogens with two attached hydrogens (primary N) is 1. The fraction of sp³-hybridized carbons (Fsp3) is 0.136. The normalized spacial score (nSPS) is 12.6. The molecule has 0 bridgehead atoms. The maximum Gasteiger partial charge on any atom is 0.256 e. The fourth-order valence-electron chi connectivity index (χ4n) is 3.47. The Morgan fingerprint density at radius 2 is 1.68 bits per heavy atom. The lowest BCUT2D eigenvalue weighted by atomic mass is 9.98. The lowest BCUT2D eigenvalue weighted by molar-refractivity contribution is 0.102. The molecule has 3 N–H and O–H groups in total. The minimum absolute atomic E-state index is 0.135. The Balaban J connectivity index is 1.67. The molecule has 3 nitrogen and oxygen atoms in total. The van der Waals surface area contributed by atoms with Crippen LogP contribution in [0, 0.1) is 0 Å². The van der Waals surface area contributed by atoms with Crippen LogP contribution in [0.4, 0.5) is 11.4 Å². The fourth-order valence-corrected chi connectivity index (χ4v) is 3.47. The van der Waals surface area contributed by atoms with Crippen LogP contribution in [0.15, 0.2) is 66.7 Å². The maximum absolute atomic E-state index is 12.9. The van der Waals surface area contributed by atoms with Gasteiger partial charge in [-0.15, -0.1) is 0 Å². The van der Waals surface area contributed by atoms with E-state index in [9.17, 15) is 4.79 Å². The van der Waals surface area contributed by atoms with E-state index in [-0.39, 0.29) is 5.91 Å². The second-order valence-electron chi connectivity index (χ2n) is 6.46. The highest BCUT2D eigenvalue weighted by Crippen LogP contribution is 2.28. The van der Waals surface area contributed by atoms with Crippen LogP contribution >= 0.6 is 0 Å². The van der Waals surface area contributed by atoms with Gasteiger partial charge in [0.2, 0.25) is 0 Å². The van der Waals surface area contributed by atoms with E-state index in [4.69, 9.17) is 5.73 Å². The summed E-state index contributed by atoms with van der Waals surface area (Å²) >= 11 is 0. The summed E-state index contributed by atoms with van der Waals surface area (Å²) < 4.78 is 0. The first-order valence-electron chi connectivity index (χ1n) is 8.59. The number of fused-ring (bicyclic) bond motifs is 1. The second kappa shape index (κ2) is 6.44. The van der Waals surface area contributed by atoms with E-state index in [0.29, 0.717) is 11.3 Å². The van der Waals surface area contributed by atoms with E-state index in [1.54, 1.807) is 6.07 Å². The van der Waals surface area contributed by atoms with Crippen LogP contribution in [0.3, 0.4) is 0 Å². The minimum atomic E-state index is -0.135. The maximum atomic E-state index is 12.9. The number of carbonyl (C=O) groups is 1. The number of anilines is 2. The topological polar surface area (TPSA) is 55.1 Å². The predicted molar refractivity (Wildman–Crippen MR) is 103 cm³/mol. The summed E-state index contributed by atoms with van der Waals surface area (Å²) in [5.41, 5.74) is 12.6. The molecule has 1 aliphatic carbocycles. The third-order valence-electron chi connectivity index (χ3n) is 4.73. The van der Waals surface area contributed by atoms with Crippen LogP contribution in [-0.4, -0.2) is 5.91 Å². The number of nitrogen functional groups attached to an aromatic ring is 1. The van der Waals surface area contributed by atoms with Gasteiger partial charge in [-0.05, 0) is 65.8 Å². The van der Waals surface area contributed by atoms with Crippen molar-refractivity contribution >= 4 is 17.3 Å². The SMILES string of the molecule is Nc1ccc(-c2ccccc2)c(C(=O)Nc2ccc3c(c2)CCC3)c1. The van der Waals surface area contributed by atoms with Crippen molar-refractivity contribution in [2.24, 2.45) is 0 Å². The summed E-state index contributed by atoms with van der Waals surface area (Å²) in [5, 5.41) is 3.03. The van der Waals surface area contributed by atoms with Gasteiger partial charge >= 0.3 is 0 Å². The number of benzene rings is 3. The van der Waals surface area contributed by atoms with Crippen LogP contribution in [0.1, 0.15) is 27.9 Å². The lowest BCUT2D eigenvalue weighted by Gasteiger charge is -2.12. The summed E-state index contributed by atoms with van der Waals surface area (Å²) in [5.74, 6) is -0.135. The largest absolute Gasteiger partial charge is 0.399 e. The highest BCUT2D eigenvalue weighted by molar-refractivity contribution is 6.09. The van der Waals surface area contributed by atoms with Crippen LogP contribution in [0.5, 0.6) is 0 Å². The van der Waals surface area contributed by atoms with E-state index in [0.717, 1.165) is 29.7 Å². The predicted octanol–water partition coefficient (Wildman–Crippen LogP) is 4.68. The Morgan fingerprint density at radius 3 is 2.52 bits per heavy atom. The van der Waals surface area contributed by atoms with Gasteiger partial charge in [0, 0.05) is 16.9 Å². The monoisotopic (exact) mass is 328 g/mol. The zero-order valence-corrected chi connectivity index (χ0v) is 14.0. The van der Waals surface area contributed by atoms with Crippen LogP contribution in [0.25, 0.3) is 11.1 Å². The molecule has 0 aliphatic heterocycles. The van der Waals surface area contributed by atoms with E-state index < -0.39 is 0 Å². The molecule has 0 saturated carbocycles. The number of aryl methyl sites for hydroxylation is 2. The van der Waals surface area contributed by atoms with Gasteiger partial charge in [-0.3, -0.25) is 4.79 Å². The zero-order chi connectivity index (χ0) is 17.2. The van der Waals surface area contributed by atoms with Crippen LogP contribution in [-0.2, 0) is 12.8 Å². The quantitative estimate of drug-likeness (QED) is 0.686. The lowest BCUT2D eigenvalue weighted by Crippen LogP contribution is -2.14. The van der Waals surface area contributed by atoms with E-state index in [2.05, 4.69) is 17.4 Å². The van der Waals surface area contributed by atoms with Crippen LogP contribution < -0.4 is 11.1 Å². The van der Waals surface area contributed by atoms with E-state index >= 15 is 0 Å². The van der Waals surface area contributed by atoms with Crippen LogP contribution in [0.2, 0.25) is 0 Å². The highest BCUT2D eigenvalue weighted by Gasteiger charge is 2.15. The summed E-state index contributed by atoms with van der Waals surface area (Å²) in [6.07, 6.45) is 3.42. The third-order valence-corrected chi connectivity index (χ3v) is 4.73. The number of carbonyl (C=O) groups excluding carboxylic acids is 1. The Bertz CT molecular complexity index is 932. The first kappa shape index (κ1) is 15.5. The number of hydrogen-bond acceptors (Lipinski definition) is 2. The van der Waals surface area contributed by atoms with Crippen molar-refractivity contribution in [2.45, 2.75) is 19.3 Å². The molecule has 1 amide bonds. The van der Waals surface area contributed by atoms with Crippen molar-refractivity contribution < 1.29 is 4.79 Å². The molecule has 0 radical (unpaired) electrons. The molecular weight excluding hydrogens is 308 g/mol. The molecule has 25 heavy (non-hydrogen) atoms. The van der Waals surface area contributed by atoms with Crippen molar-refractivity contribution in [1.29, 1.82) is 0 Å². The molecule has 0 heterocycles. The van der Waals surface area contributed by atoms with Gasteiger partial charge in [0.25, 0.3) is 5.91 Å². The first-order valence-corrected chi connectivity index (χ1v) is 8.59. The zero-order valence-electron chi connectivity index (χ0n) is 14.0. The Hall–Kier alpha value is -3.07. The Morgan fingerprint density at radius 1 is 0.880 bits per heavy atom. The van der Waals surface area contributed by atoms with E-state index in [1.165, 1.54) is 17.5 Å². The minimum Gasteiger partial charge on any atom is -0.399 e. The molecule has 0 spiro atoms. The summed E-state index contributed by atoms with van der Waals surface area (Å²) in [6.45, 7) is 0. The number of nitrogens with one attached hydrogen (secondary N) is 1. The van der Waals surface area contributed by atoms with Gasteiger partial charge in [0.15, 0.2) is 0 Å². The van der Waals surface area contributed by atoms with Crippen molar-refractivity contribution in [1.82, 2.24) is 0 Å². The van der Waals surface area contributed by atoms with Gasteiger partial charge in [-0.2, -0.15) is 0 Å². The molecule has 1 aliphatic rings. The molecule has 0 saturated heterocycles.